The minimum absolute atomic E-state index is 0.342. The summed E-state index contributed by atoms with van der Waals surface area (Å²) < 4.78 is 0. The average Bonchev–Trinajstić information content (AvgIpc) is 2.56. The molecule has 0 spiro atoms. The predicted octanol–water partition coefficient (Wildman–Crippen LogP) is 4.78. The normalized spacial score (nSPS) is 11.4. The molecular formula is C20H30N2O. The largest absolute Gasteiger partial charge is 0.508 e. The Morgan fingerprint density at radius 3 is 2.39 bits per heavy atom. The van der Waals surface area contributed by atoms with Gasteiger partial charge in [0.25, 0.3) is 0 Å². The van der Waals surface area contributed by atoms with Gasteiger partial charge in [0.15, 0.2) is 0 Å². The number of pyridine rings is 1. The molecule has 0 fully saturated rings. The first-order valence-corrected chi connectivity index (χ1v) is 9.03. The molecule has 0 bridgehead atoms. The standard InChI is InChI=1S/C20H30N2O/c1-3-5-12-22(13-6-4-2)14-8-10-18-16-19(23)15-17-9-7-11-21-20(17)18/h7,9,11,15-16,23H,3-6,8,10,12-14H2,1-2H3. The lowest BCUT2D eigenvalue weighted by atomic mass is 10.0. The summed E-state index contributed by atoms with van der Waals surface area (Å²) in [5.41, 5.74) is 2.19. The first-order valence-electron chi connectivity index (χ1n) is 9.03. The number of fused-ring (bicyclic) bond motifs is 1. The predicted molar refractivity (Wildman–Crippen MR) is 98.0 cm³/mol. The van der Waals surface area contributed by atoms with E-state index in [-0.39, 0.29) is 0 Å². The van der Waals surface area contributed by atoms with Crippen LogP contribution in [0, 0.1) is 0 Å². The summed E-state index contributed by atoms with van der Waals surface area (Å²) in [5.74, 6) is 0.342. The summed E-state index contributed by atoms with van der Waals surface area (Å²) in [6.45, 7) is 8.04. The van der Waals surface area contributed by atoms with Crippen LogP contribution in [-0.4, -0.2) is 34.6 Å². The van der Waals surface area contributed by atoms with Crippen molar-refractivity contribution in [3.8, 4) is 5.75 Å². The molecule has 0 radical (unpaired) electrons. The highest BCUT2D eigenvalue weighted by Crippen LogP contribution is 2.24. The molecule has 1 heterocycles. The van der Waals surface area contributed by atoms with Crippen LogP contribution in [0.5, 0.6) is 5.75 Å². The summed E-state index contributed by atoms with van der Waals surface area (Å²) in [6.07, 6.45) is 8.98. The Bertz CT molecular complexity index is 589. The van der Waals surface area contributed by atoms with E-state index in [1.165, 1.54) is 38.8 Å². The van der Waals surface area contributed by atoms with Crippen LogP contribution in [0.4, 0.5) is 0 Å². The van der Waals surface area contributed by atoms with Crippen molar-refractivity contribution in [1.82, 2.24) is 9.88 Å². The molecule has 0 amide bonds. The van der Waals surface area contributed by atoms with Crippen LogP contribution in [0.25, 0.3) is 10.9 Å². The molecule has 23 heavy (non-hydrogen) atoms. The molecule has 0 saturated heterocycles. The summed E-state index contributed by atoms with van der Waals surface area (Å²) in [6, 6.07) is 7.60. The van der Waals surface area contributed by atoms with Crippen molar-refractivity contribution in [3.05, 3.63) is 36.0 Å². The molecule has 0 aliphatic rings. The van der Waals surface area contributed by atoms with Crippen molar-refractivity contribution < 1.29 is 5.11 Å². The van der Waals surface area contributed by atoms with Gasteiger partial charge >= 0.3 is 0 Å². The van der Waals surface area contributed by atoms with Gasteiger partial charge in [0, 0.05) is 11.6 Å². The van der Waals surface area contributed by atoms with Gasteiger partial charge in [-0.15, -0.1) is 0 Å². The topological polar surface area (TPSA) is 36.4 Å². The fraction of sp³-hybridized carbons (Fsp3) is 0.550. The summed E-state index contributed by atoms with van der Waals surface area (Å²) in [4.78, 5) is 7.08. The number of benzene rings is 1. The van der Waals surface area contributed by atoms with Crippen LogP contribution in [0.3, 0.4) is 0 Å². The maximum atomic E-state index is 9.91. The number of aromatic hydroxyl groups is 1. The van der Waals surface area contributed by atoms with Crippen molar-refractivity contribution in [2.45, 2.75) is 52.4 Å². The third-order valence-electron chi connectivity index (χ3n) is 4.34. The van der Waals surface area contributed by atoms with E-state index in [4.69, 9.17) is 0 Å². The van der Waals surface area contributed by atoms with E-state index in [0.29, 0.717) is 5.75 Å². The molecule has 2 aromatic rings. The Morgan fingerprint density at radius 1 is 1.00 bits per heavy atom. The zero-order chi connectivity index (χ0) is 16.5. The number of hydrogen-bond acceptors (Lipinski definition) is 3. The molecule has 0 atom stereocenters. The van der Waals surface area contributed by atoms with E-state index in [9.17, 15) is 5.11 Å². The summed E-state index contributed by atoms with van der Waals surface area (Å²) >= 11 is 0. The molecule has 1 N–H and O–H groups in total. The minimum atomic E-state index is 0.342. The van der Waals surface area contributed by atoms with Crippen LogP contribution in [-0.2, 0) is 6.42 Å². The van der Waals surface area contributed by atoms with Crippen molar-refractivity contribution in [2.24, 2.45) is 0 Å². The fourth-order valence-corrected chi connectivity index (χ4v) is 3.03. The molecule has 0 saturated carbocycles. The second-order valence-electron chi connectivity index (χ2n) is 6.33. The summed E-state index contributed by atoms with van der Waals surface area (Å²) in [5, 5.41) is 10.9. The number of nitrogens with zero attached hydrogens (tertiary/aromatic N) is 2. The quantitative estimate of drug-likeness (QED) is 0.686. The van der Waals surface area contributed by atoms with E-state index < -0.39 is 0 Å². The molecule has 1 aromatic heterocycles. The van der Waals surface area contributed by atoms with E-state index >= 15 is 0 Å². The smallest absolute Gasteiger partial charge is 0.116 e. The maximum absolute atomic E-state index is 9.91. The van der Waals surface area contributed by atoms with Crippen LogP contribution in [0.1, 0.15) is 51.5 Å². The number of phenols is 1. The van der Waals surface area contributed by atoms with Gasteiger partial charge in [0.2, 0.25) is 0 Å². The minimum Gasteiger partial charge on any atom is -0.508 e. The van der Waals surface area contributed by atoms with Gasteiger partial charge in [-0.3, -0.25) is 4.98 Å². The van der Waals surface area contributed by atoms with Gasteiger partial charge in [-0.2, -0.15) is 0 Å². The molecule has 0 unspecified atom stereocenters. The van der Waals surface area contributed by atoms with Crippen molar-refractivity contribution in [1.29, 1.82) is 0 Å². The number of unbranched alkanes of at least 4 members (excludes halogenated alkanes) is 2. The van der Waals surface area contributed by atoms with Gasteiger partial charge in [-0.05, 0) is 69.1 Å². The molecule has 2 rings (SSSR count). The first-order chi connectivity index (χ1) is 11.2. The van der Waals surface area contributed by atoms with Gasteiger partial charge in [-0.25, -0.2) is 0 Å². The Labute approximate surface area is 140 Å². The lowest BCUT2D eigenvalue weighted by Crippen LogP contribution is -2.27. The second-order valence-corrected chi connectivity index (χ2v) is 6.33. The fourth-order valence-electron chi connectivity index (χ4n) is 3.03. The van der Waals surface area contributed by atoms with Crippen LogP contribution >= 0.6 is 0 Å². The van der Waals surface area contributed by atoms with Gasteiger partial charge in [-0.1, -0.05) is 32.8 Å². The SMILES string of the molecule is CCCCN(CCCC)CCCc1cc(O)cc2cccnc12. The Morgan fingerprint density at radius 2 is 1.70 bits per heavy atom. The number of rotatable bonds is 10. The van der Waals surface area contributed by atoms with Gasteiger partial charge in [0.05, 0.1) is 5.52 Å². The third-order valence-corrected chi connectivity index (χ3v) is 4.34. The Balaban J connectivity index is 1.96. The highest BCUT2D eigenvalue weighted by atomic mass is 16.3. The Hall–Kier alpha value is -1.61. The Kier molecular flexibility index (Phi) is 7.34. The molecule has 3 heteroatoms. The number of phenolic OH excluding ortho intramolecular Hbond substituents is 1. The second kappa shape index (κ2) is 9.51. The van der Waals surface area contributed by atoms with Crippen LogP contribution in [0.15, 0.2) is 30.5 Å². The molecule has 0 aliphatic heterocycles. The van der Waals surface area contributed by atoms with Crippen LogP contribution in [0.2, 0.25) is 0 Å². The molecule has 0 aliphatic carbocycles. The van der Waals surface area contributed by atoms with Gasteiger partial charge < -0.3 is 10.0 Å². The zero-order valence-electron chi connectivity index (χ0n) is 14.6. The zero-order valence-corrected chi connectivity index (χ0v) is 14.6. The van der Waals surface area contributed by atoms with Crippen molar-refractivity contribution in [3.63, 3.8) is 0 Å². The van der Waals surface area contributed by atoms with Crippen LogP contribution < -0.4 is 0 Å². The van der Waals surface area contributed by atoms with E-state index in [1.807, 2.05) is 24.4 Å². The number of aryl methyl sites for hydroxylation is 1. The highest BCUT2D eigenvalue weighted by Gasteiger charge is 2.07. The molecule has 126 valence electrons. The summed E-state index contributed by atoms with van der Waals surface area (Å²) in [7, 11) is 0. The third kappa shape index (κ3) is 5.51. The maximum Gasteiger partial charge on any atom is 0.116 e. The van der Waals surface area contributed by atoms with Crippen molar-refractivity contribution in [2.75, 3.05) is 19.6 Å². The van der Waals surface area contributed by atoms with E-state index in [2.05, 4.69) is 23.7 Å². The van der Waals surface area contributed by atoms with Crippen molar-refractivity contribution >= 4 is 10.9 Å². The number of hydrogen-bond donors (Lipinski definition) is 1. The highest BCUT2D eigenvalue weighted by molar-refractivity contribution is 5.83. The molecular weight excluding hydrogens is 284 g/mol. The van der Waals surface area contributed by atoms with E-state index in [0.717, 1.165) is 35.9 Å². The molecule has 3 nitrogen and oxygen atoms in total. The van der Waals surface area contributed by atoms with Gasteiger partial charge in [0.1, 0.15) is 5.75 Å². The molecule has 1 aromatic carbocycles. The monoisotopic (exact) mass is 314 g/mol. The lowest BCUT2D eigenvalue weighted by molar-refractivity contribution is 0.262. The van der Waals surface area contributed by atoms with E-state index in [1.54, 1.807) is 6.07 Å². The average molecular weight is 314 g/mol. The number of aromatic nitrogens is 1. The first kappa shape index (κ1) is 17.7. The lowest BCUT2D eigenvalue weighted by Gasteiger charge is -2.22.